The number of Topliss-reactive ketones (excluding diaryl/α,β-unsaturated/α-hetero) is 1. The third-order valence-corrected chi connectivity index (χ3v) is 6.48. The third kappa shape index (κ3) is 4.09. The second-order valence-corrected chi connectivity index (χ2v) is 9.56. The molecule has 1 aromatic carbocycles. The summed E-state index contributed by atoms with van der Waals surface area (Å²) in [6.45, 7) is 6.90. The van der Waals surface area contributed by atoms with E-state index in [1.807, 2.05) is 45.0 Å². The number of thiazole rings is 1. The molecule has 1 aromatic heterocycles. The first-order chi connectivity index (χ1) is 14.3. The van der Waals surface area contributed by atoms with Crippen molar-refractivity contribution in [3.8, 4) is 5.75 Å². The van der Waals surface area contributed by atoms with Crippen molar-refractivity contribution >= 4 is 39.8 Å². The number of carbonyl (C=O) groups is 3. The van der Waals surface area contributed by atoms with Gasteiger partial charge in [0, 0.05) is 25.1 Å². The van der Waals surface area contributed by atoms with Crippen molar-refractivity contribution < 1.29 is 19.1 Å². The Morgan fingerprint density at radius 2 is 2.00 bits per heavy atom. The van der Waals surface area contributed by atoms with Crippen LogP contribution in [-0.4, -0.2) is 35.7 Å². The van der Waals surface area contributed by atoms with Gasteiger partial charge in [0.15, 0.2) is 10.9 Å². The van der Waals surface area contributed by atoms with Crippen LogP contribution in [-0.2, 0) is 16.0 Å². The molecule has 2 amide bonds. The summed E-state index contributed by atoms with van der Waals surface area (Å²) < 4.78 is 5.43. The first-order valence-corrected chi connectivity index (χ1v) is 10.9. The lowest BCUT2D eigenvalue weighted by Gasteiger charge is -2.26. The van der Waals surface area contributed by atoms with Gasteiger partial charge in [-0.25, -0.2) is 4.98 Å². The van der Waals surface area contributed by atoms with Gasteiger partial charge in [0.25, 0.3) is 0 Å². The number of amides is 2. The number of nitrogens with zero attached hydrogens (tertiary/aromatic N) is 2. The maximum absolute atomic E-state index is 12.8. The van der Waals surface area contributed by atoms with Crippen LogP contribution < -0.4 is 15.0 Å². The Morgan fingerprint density at radius 1 is 1.27 bits per heavy atom. The van der Waals surface area contributed by atoms with Gasteiger partial charge in [0.2, 0.25) is 11.8 Å². The Morgan fingerprint density at radius 3 is 2.70 bits per heavy atom. The fraction of sp³-hybridized carbons (Fsp3) is 0.455. The molecular weight excluding hydrogens is 402 g/mol. The molecule has 4 rings (SSSR count). The highest BCUT2D eigenvalue weighted by molar-refractivity contribution is 7.17. The number of ether oxygens (including phenoxy) is 1. The van der Waals surface area contributed by atoms with E-state index < -0.39 is 5.92 Å². The van der Waals surface area contributed by atoms with E-state index in [4.69, 9.17) is 4.74 Å². The zero-order chi connectivity index (χ0) is 21.5. The van der Waals surface area contributed by atoms with Crippen molar-refractivity contribution in [1.29, 1.82) is 0 Å². The lowest BCUT2D eigenvalue weighted by atomic mass is 9.78. The van der Waals surface area contributed by atoms with Gasteiger partial charge in [-0.3, -0.25) is 14.4 Å². The Balaban J connectivity index is 1.43. The zero-order valence-electron chi connectivity index (χ0n) is 17.4. The van der Waals surface area contributed by atoms with Gasteiger partial charge >= 0.3 is 0 Å². The molecule has 0 bridgehead atoms. The quantitative estimate of drug-likeness (QED) is 0.786. The second kappa shape index (κ2) is 7.83. The molecule has 7 nitrogen and oxygen atoms in total. The standard InChI is InChI=1S/C22H25N3O4S/c1-4-29-15-7-5-14(6-8-15)25-12-13(9-18(25)27)20(28)24-21-23-16-10-22(2,3)11-17(26)19(16)30-21/h5-8,13H,4,9-12H2,1-3H3,(H,23,24,28)/t13-/m1/s1. The minimum atomic E-state index is -0.461. The van der Waals surface area contributed by atoms with Crippen LogP contribution in [0.1, 0.15) is 49.0 Å². The molecule has 0 radical (unpaired) electrons. The molecule has 1 atom stereocenters. The van der Waals surface area contributed by atoms with Crippen molar-refractivity contribution in [3.05, 3.63) is 34.8 Å². The van der Waals surface area contributed by atoms with E-state index in [0.29, 0.717) is 36.0 Å². The molecule has 0 spiro atoms. The number of aromatic nitrogens is 1. The number of carbonyl (C=O) groups excluding carboxylic acids is 3. The first-order valence-electron chi connectivity index (χ1n) is 10.1. The molecule has 1 aliphatic heterocycles. The van der Waals surface area contributed by atoms with Crippen LogP contribution in [0.2, 0.25) is 0 Å². The van der Waals surface area contributed by atoms with Gasteiger partial charge in [-0.2, -0.15) is 0 Å². The molecule has 1 saturated heterocycles. The molecule has 1 aliphatic carbocycles. The molecule has 2 aromatic rings. The van der Waals surface area contributed by atoms with Gasteiger partial charge in [-0.1, -0.05) is 25.2 Å². The molecule has 2 heterocycles. The number of nitrogens with one attached hydrogen (secondary N) is 1. The lowest BCUT2D eigenvalue weighted by Crippen LogP contribution is -2.28. The summed E-state index contributed by atoms with van der Waals surface area (Å²) in [6, 6.07) is 7.28. The molecule has 0 saturated carbocycles. The first kappa shape index (κ1) is 20.5. The van der Waals surface area contributed by atoms with E-state index in [0.717, 1.165) is 17.1 Å². The maximum atomic E-state index is 12.8. The van der Waals surface area contributed by atoms with Crippen molar-refractivity contribution in [3.63, 3.8) is 0 Å². The summed E-state index contributed by atoms with van der Waals surface area (Å²) in [4.78, 5) is 44.4. The van der Waals surface area contributed by atoms with Crippen LogP contribution in [0.3, 0.4) is 0 Å². The van der Waals surface area contributed by atoms with Crippen molar-refractivity contribution in [1.82, 2.24) is 4.98 Å². The molecule has 2 aliphatic rings. The Hall–Kier alpha value is -2.74. The number of fused-ring (bicyclic) bond motifs is 1. The minimum Gasteiger partial charge on any atom is -0.494 e. The topological polar surface area (TPSA) is 88.6 Å². The summed E-state index contributed by atoms with van der Waals surface area (Å²) in [5.41, 5.74) is 1.39. The molecular formula is C22H25N3O4S. The van der Waals surface area contributed by atoms with Gasteiger partial charge in [-0.15, -0.1) is 0 Å². The third-order valence-electron chi connectivity index (χ3n) is 5.42. The Bertz CT molecular complexity index is 996. The molecule has 8 heteroatoms. The largest absolute Gasteiger partial charge is 0.494 e. The van der Waals surface area contributed by atoms with Gasteiger partial charge < -0.3 is 15.0 Å². The highest BCUT2D eigenvalue weighted by Crippen LogP contribution is 2.38. The minimum absolute atomic E-state index is 0.0805. The number of ketones is 1. The van der Waals surface area contributed by atoms with E-state index >= 15 is 0 Å². The van der Waals surface area contributed by atoms with Crippen LogP contribution >= 0.6 is 11.3 Å². The molecule has 30 heavy (non-hydrogen) atoms. The van der Waals surface area contributed by atoms with Crippen LogP contribution in [0.4, 0.5) is 10.8 Å². The van der Waals surface area contributed by atoms with E-state index in [1.165, 1.54) is 11.3 Å². The monoisotopic (exact) mass is 427 g/mol. The van der Waals surface area contributed by atoms with Crippen LogP contribution in [0.25, 0.3) is 0 Å². The van der Waals surface area contributed by atoms with Gasteiger partial charge in [0.1, 0.15) is 5.75 Å². The summed E-state index contributed by atoms with van der Waals surface area (Å²) in [6.07, 6.45) is 1.35. The fourth-order valence-electron chi connectivity index (χ4n) is 4.00. The summed E-state index contributed by atoms with van der Waals surface area (Å²) in [5.74, 6) is 0.0334. The number of hydrogen-bond donors (Lipinski definition) is 1. The van der Waals surface area contributed by atoms with Crippen molar-refractivity contribution in [2.75, 3.05) is 23.4 Å². The SMILES string of the molecule is CCOc1ccc(N2C[C@H](C(=O)Nc3nc4c(s3)C(=O)CC(C)(C)C4)CC2=O)cc1. The highest BCUT2D eigenvalue weighted by atomic mass is 32.1. The van der Waals surface area contributed by atoms with Gasteiger partial charge in [-0.05, 0) is 43.0 Å². The zero-order valence-corrected chi connectivity index (χ0v) is 18.2. The smallest absolute Gasteiger partial charge is 0.231 e. The highest BCUT2D eigenvalue weighted by Gasteiger charge is 2.37. The summed E-state index contributed by atoms with van der Waals surface area (Å²) >= 11 is 1.23. The van der Waals surface area contributed by atoms with E-state index in [9.17, 15) is 14.4 Å². The number of benzene rings is 1. The molecule has 1 fully saturated rings. The Labute approximate surface area is 179 Å². The number of anilines is 2. The predicted octanol–water partition coefficient (Wildman–Crippen LogP) is 3.69. The molecule has 1 N–H and O–H groups in total. The van der Waals surface area contributed by atoms with Crippen LogP contribution in [0.15, 0.2) is 24.3 Å². The van der Waals surface area contributed by atoms with Crippen LogP contribution in [0.5, 0.6) is 5.75 Å². The normalized spacial score (nSPS) is 20.2. The lowest BCUT2D eigenvalue weighted by molar-refractivity contribution is -0.122. The van der Waals surface area contributed by atoms with E-state index in [-0.39, 0.29) is 29.4 Å². The summed E-state index contributed by atoms with van der Waals surface area (Å²) in [7, 11) is 0. The summed E-state index contributed by atoms with van der Waals surface area (Å²) in [5, 5.41) is 3.26. The van der Waals surface area contributed by atoms with Crippen molar-refractivity contribution in [2.24, 2.45) is 11.3 Å². The predicted molar refractivity (Wildman–Crippen MR) is 115 cm³/mol. The fourth-order valence-corrected chi connectivity index (χ4v) is 4.93. The van der Waals surface area contributed by atoms with E-state index in [2.05, 4.69) is 10.3 Å². The van der Waals surface area contributed by atoms with E-state index in [1.54, 1.807) is 4.90 Å². The molecule has 158 valence electrons. The number of hydrogen-bond acceptors (Lipinski definition) is 6. The molecule has 0 unspecified atom stereocenters. The number of rotatable bonds is 5. The average Bonchev–Trinajstić information content (AvgIpc) is 3.25. The van der Waals surface area contributed by atoms with Gasteiger partial charge in [0.05, 0.1) is 23.1 Å². The second-order valence-electron chi connectivity index (χ2n) is 8.56. The maximum Gasteiger partial charge on any atom is 0.231 e. The Kier molecular flexibility index (Phi) is 5.36. The van der Waals surface area contributed by atoms with Crippen LogP contribution in [0, 0.1) is 11.3 Å². The average molecular weight is 428 g/mol. The van der Waals surface area contributed by atoms with Crippen molar-refractivity contribution in [2.45, 2.75) is 40.0 Å².